The van der Waals surface area contributed by atoms with Crippen molar-refractivity contribution in [3.8, 4) is 11.3 Å². The molecule has 0 spiro atoms. The Morgan fingerprint density at radius 1 is 1.07 bits per heavy atom. The topological polar surface area (TPSA) is 111 Å². The molecule has 8 nitrogen and oxygen atoms in total. The molecule has 0 N–H and O–H groups in total. The lowest BCUT2D eigenvalue weighted by Crippen LogP contribution is -2.22. The van der Waals surface area contributed by atoms with E-state index < -0.39 is 14.9 Å². The molecule has 1 heterocycles. The number of furan rings is 1. The molecule has 0 unspecified atom stereocenters. The number of sulfonamides is 1. The van der Waals surface area contributed by atoms with Crippen molar-refractivity contribution in [1.82, 2.24) is 4.31 Å². The number of benzene rings is 2. The van der Waals surface area contributed by atoms with Crippen LogP contribution in [0.3, 0.4) is 0 Å². The summed E-state index contributed by atoms with van der Waals surface area (Å²) in [5.74, 6) is 0.512. The summed E-state index contributed by atoms with van der Waals surface area (Å²) in [6.07, 6.45) is 2.79. The lowest BCUT2D eigenvalue weighted by molar-refractivity contribution is -0.384. The predicted octanol–water partition coefficient (Wildman–Crippen LogP) is 4.00. The first-order chi connectivity index (χ1) is 14.2. The molecule has 0 fully saturated rings. The predicted molar refractivity (Wildman–Crippen MR) is 111 cm³/mol. The minimum Gasteiger partial charge on any atom is -0.457 e. The molecular weight excluding hydrogens is 408 g/mol. The van der Waals surface area contributed by atoms with Gasteiger partial charge in [0, 0.05) is 37.4 Å². The van der Waals surface area contributed by atoms with Gasteiger partial charge in [0.25, 0.3) is 5.69 Å². The van der Waals surface area contributed by atoms with Crippen molar-refractivity contribution in [2.75, 3.05) is 14.1 Å². The first kappa shape index (κ1) is 21.2. The highest BCUT2D eigenvalue weighted by Crippen LogP contribution is 2.26. The van der Waals surface area contributed by atoms with Gasteiger partial charge in [0.1, 0.15) is 11.5 Å². The Morgan fingerprint density at radius 2 is 1.77 bits per heavy atom. The van der Waals surface area contributed by atoms with Gasteiger partial charge in [-0.25, -0.2) is 12.7 Å². The molecule has 0 saturated heterocycles. The Balaban J connectivity index is 1.75. The molecular formula is C21H18N2O6S. The van der Waals surface area contributed by atoms with Crippen LogP contribution in [0.25, 0.3) is 17.4 Å². The van der Waals surface area contributed by atoms with E-state index in [1.54, 1.807) is 24.3 Å². The van der Waals surface area contributed by atoms with Crippen LogP contribution in [0.15, 0.2) is 76.1 Å². The number of allylic oxidation sites excluding steroid dienone is 1. The molecule has 0 aliphatic carbocycles. The third-order valence-corrected chi connectivity index (χ3v) is 6.11. The van der Waals surface area contributed by atoms with E-state index in [0.29, 0.717) is 22.6 Å². The van der Waals surface area contributed by atoms with Crippen LogP contribution in [0.5, 0.6) is 0 Å². The van der Waals surface area contributed by atoms with Crippen LogP contribution >= 0.6 is 0 Å². The molecule has 3 aromatic rings. The van der Waals surface area contributed by atoms with Crippen molar-refractivity contribution in [2.45, 2.75) is 4.90 Å². The van der Waals surface area contributed by atoms with Gasteiger partial charge in [0.2, 0.25) is 10.0 Å². The highest BCUT2D eigenvalue weighted by Gasteiger charge is 2.17. The average Bonchev–Trinajstić information content (AvgIpc) is 3.21. The summed E-state index contributed by atoms with van der Waals surface area (Å²) in [7, 11) is -0.694. The zero-order valence-electron chi connectivity index (χ0n) is 16.2. The molecule has 0 aliphatic heterocycles. The minimum absolute atomic E-state index is 0.0455. The highest BCUT2D eigenvalue weighted by molar-refractivity contribution is 7.89. The van der Waals surface area contributed by atoms with Gasteiger partial charge in [0.15, 0.2) is 5.78 Å². The molecule has 0 bridgehead atoms. The number of rotatable bonds is 7. The maximum atomic E-state index is 12.3. The number of carbonyl (C=O) groups excluding carboxylic acids is 1. The lowest BCUT2D eigenvalue weighted by Gasteiger charge is -2.11. The summed E-state index contributed by atoms with van der Waals surface area (Å²) in [6, 6.07) is 15.0. The number of nitro groups is 1. The van der Waals surface area contributed by atoms with Gasteiger partial charge in [0.05, 0.1) is 9.82 Å². The fourth-order valence-electron chi connectivity index (χ4n) is 2.63. The van der Waals surface area contributed by atoms with Crippen LogP contribution < -0.4 is 0 Å². The van der Waals surface area contributed by atoms with E-state index >= 15 is 0 Å². The van der Waals surface area contributed by atoms with Crippen LogP contribution in [-0.2, 0) is 10.0 Å². The molecule has 0 amide bonds. The van der Waals surface area contributed by atoms with Gasteiger partial charge in [-0.2, -0.15) is 0 Å². The number of nitrogens with zero attached hydrogens (tertiary/aromatic N) is 2. The second-order valence-corrected chi connectivity index (χ2v) is 8.67. The molecule has 3 rings (SSSR count). The number of ketones is 1. The molecule has 0 aliphatic rings. The molecule has 9 heteroatoms. The second-order valence-electron chi connectivity index (χ2n) is 6.52. The lowest BCUT2D eigenvalue weighted by atomic mass is 10.1. The van der Waals surface area contributed by atoms with Crippen molar-refractivity contribution >= 4 is 27.6 Å². The zero-order chi connectivity index (χ0) is 21.9. The van der Waals surface area contributed by atoms with E-state index in [2.05, 4.69) is 0 Å². The van der Waals surface area contributed by atoms with Gasteiger partial charge in [-0.1, -0.05) is 12.1 Å². The van der Waals surface area contributed by atoms with E-state index in [9.17, 15) is 23.3 Å². The first-order valence-corrected chi connectivity index (χ1v) is 10.2. The standard InChI is InChI=1S/C21H18N2O6S/c1-22(2)30(27,28)19-10-6-15(7-11-19)20(24)12-8-18-9-13-21(29-18)16-4-3-5-17(14-16)23(25)26/h3-14H,1-2H3. The van der Waals surface area contributed by atoms with Crippen LogP contribution in [0.2, 0.25) is 0 Å². The molecule has 0 atom stereocenters. The number of non-ortho nitro benzene ring substituents is 1. The van der Waals surface area contributed by atoms with Crippen LogP contribution in [0.1, 0.15) is 16.1 Å². The summed E-state index contributed by atoms with van der Waals surface area (Å²) >= 11 is 0. The Bertz CT molecular complexity index is 1220. The van der Waals surface area contributed by atoms with Gasteiger partial charge in [-0.05, 0) is 48.6 Å². The van der Waals surface area contributed by atoms with E-state index in [1.165, 1.54) is 62.6 Å². The van der Waals surface area contributed by atoms with Gasteiger partial charge < -0.3 is 4.42 Å². The monoisotopic (exact) mass is 426 g/mol. The molecule has 0 saturated carbocycles. The third-order valence-electron chi connectivity index (χ3n) is 4.28. The second kappa shape index (κ2) is 8.44. The minimum atomic E-state index is -3.56. The maximum absolute atomic E-state index is 12.3. The highest BCUT2D eigenvalue weighted by atomic mass is 32.2. The quantitative estimate of drug-likeness (QED) is 0.244. The van der Waals surface area contributed by atoms with Gasteiger partial charge in [-0.3, -0.25) is 14.9 Å². The van der Waals surface area contributed by atoms with Crippen molar-refractivity contribution in [2.24, 2.45) is 0 Å². The summed E-state index contributed by atoms with van der Waals surface area (Å²) in [6.45, 7) is 0. The van der Waals surface area contributed by atoms with E-state index in [1.807, 2.05) is 0 Å². The van der Waals surface area contributed by atoms with Crippen molar-refractivity contribution in [3.63, 3.8) is 0 Å². The SMILES string of the molecule is CN(C)S(=O)(=O)c1ccc(C(=O)C=Cc2ccc(-c3cccc([N+](=O)[O-])c3)o2)cc1. The summed E-state index contributed by atoms with van der Waals surface area (Å²) < 4.78 is 30.9. The molecule has 30 heavy (non-hydrogen) atoms. The molecule has 0 radical (unpaired) electrons. The maximum Gasteiger partial charge on any atom is 0.270 e. The molecule has 1 aromatic heterocycles. The number of nitro benzene ring substituents is 1. The van der Waals surface area contributed by atoms with Crippen molar-refractivity contribution in [1.29, 1.82) is 0 Å². The fraction of sp³-hybridized carbons (Fsp3) is 0.0952. The van der Waals surface area contributed by atoms with E-state index in [-0.39, 0.29) is 16.4 Å². The van der Waals surface area contributed by atoms with Crippen LogP contribution in [0, 0.1) is 10.1 Å². The van der Waals surface area contributed by atoms with Crippen LogP contribution in [-0.4, -0.2) is 37.5 Å². The number of carbonyl (C=O) groups is 1. The Morgan fingerprint density at radius 3 is 2.40 bits per heavy atom. The third kappa shape index (κ3) is 4.53. The van der Waals surface area contributed by atoms with Gasteiger partial charge >= 0.3 is 0 Å². The van der Waals surface area contributed by atoms with E-state index in [4.69, 9.17) is 4.42 Å². The average molecular weight is 426 g/mol. The Kier molecular flexibility index (Phi) is 5.95. The zero-order valence-corrected chi connectivity index (χ0v) is 17.0. The number of hydrogen-bond donors (Lipinski definition) is 0. The first-order valence-electron chi connectivity index (χ1n) is 8.78. The summed E-state index contributed by atoms with van der Waals surface area (Å²) in [4.78, 5) is 22.9. The Hall–Kier alpha value is -3.56. The van der Waals surface area contributed by atoms with Crippen molar-refractivity contribution in [3.05, 3.63) is 88.2 Å². The summed E-state index contributed by atoms with van der Waals surface area (Å²) in [5, 5.41) is 10.9. The summed E-state index contributed by atoms with van der Waals surface area (Å²) in [5.41, 5.74) is 0.832. The van der Waals surface area contributed by atoms with E-state index in [0.717, 1.165) is 4.31 Å². The fourth-order valence-corrected chi connectivity index (χ4v) is 3.53. The largest absolute Gasteiger partial charge is 0.457 e. The normalized spacial score (nSPS) is 11.8. The van der Waals surface area contributed by atoms with Gasteiger partial charge in [-0.15, -0.1) is 0 Å². The Labute approximate surface area is 173 Å². The van der Waals surface area contributed by atoms with Crippen molar-refractivity contribution < 1.29 is 22.6 Å². The van der Waals surface area contributed by atoms with Crippen LogP contribution in [0.4, 0.5) is 5.69 Å². The molecule has 2 aromatic carbocycles. The molecule has 154 valence electrons. The number of hydrogen-bond acceptors (Lipinski definition) is 6. The smallest absolute Gasteiger partial charge is 0.270 e.